The number of anilines is 1. The summed E-state index contributed by atoms with van der Waals surface area (Å²) in [5, 5.41) is 5.88. The number of carbonyl (C=O) groups excluding carboxylic acids is 1. The van der Waals surface area contributed by atoms with E-state index in [-0.39, 0.29) is 11.0 Å². The lowest BCUT2D eigenvalue weighted by Crippen LogP contribution is -2.34. The zero-order valence-electron chi connectivity index (χ0n) is 16.8. The van der Waals surface area contributed by atoms with Gasteiger partial charge in [-0.3, -0.25) is 10.1 Å². The fourth-order valence-corrected chi connectivity index (χ4v) is 2.76. The number of unbranched alkanes of at least 4 members (excludes halogenated alkanes) is 3. The quantitative estimate of drug-likeness (QED) is 0.296. The number of ether oxygens (including phenoxy) is 2. The SMILES string of the molecule is C=CCOc1ccc(NC(=S)NC(=O)c2ccc(OCCCCCC)cc2)cc1. The number of rotatable bonds is 11. The summed E-state index contributed by atoms with van der Waals surface area (Å²) in [6.07, 6.45) is 6.33. The maximum Gasteiger partial charge on any atom is 0.257 e. The molecule has 0 saturated carbocycles. The van der Waals surface area contributed by atoms with Crippen LogP contribution >= 0.6 is 12.2 Å². The largest absolute Gasteiger partial charge is 0.494 e. The first kappa shape index (κ1) is 22.4. The molecule has 0 heterocycles. The van der Waals surface area contributed by atoms with E-state index in [1.807, 2.05) is 24.3 Å². The van der Waals surface area contributed by atoms with E-state index in [0.717, 1.165) is 23.6 Å². The summed E-state index contributed by atoms with van der Waals surface area (Å²) >= 11 is 5.22. The van der Waals surface area contributed by atoms with E-state index in [1.54, 1.807) is 30.3 Å². The van der Waals surface area contributed by atoms with Crippen LogP contribution in [-0.4, -0.2) is 24.2 Å². The molecule has 0 saturated heterocycles. The Morgan fingerprint density at radius 3 is 2.31 bits per heavy atom. The third kappa shape index (κ3) is 8.35. The third-order valence-corrected chi connectivity index (χ3v) is 4.29. The van der Waals surface area contributed by atoms with Crippen molar-refractivity contribution in [2.75, 3.05) is 18.5 Å². The fraction of sp³-hybridized carbons (Fsp3) is 0.304. The molecule has 2 N–H and O–H groups in total. The first-order valence-electron chi connectivity index (χ1n) is 9.81. The minimum atomic E-state index is -0.275. The summed E-state index contributed by atoms with van der Waals surface area (Å²) in [5.41, 5.74) is 1.27. The van der Waals surface area contributed by atoms with Gasteiger partial charge in [-0.05, 0) is 67.2 Å². The Balaban J connectivity index is 1.78. The first-order valence-corrected chi connectivity index (χ1v) is 10.2. The fourth-order valence-electron chi connectivity index (χ4n) is 2.55. The number of amides is 1. The van der Waals surface area contributed by atoms with Gasteiger partial charge in [0.25, 0.3) is 5.91 Å². The van der Waals surface area contributed by atoms with Gasteiger partial charge >= 0.3 is 0 Å². The smallest absolute Gasteiger partial charge is 0.257 e. The van der Waals surface area contributed by atoms with Crippen LogP contribution in [0.3, 0.4) is 0 Å². The Kier molecular flexibility index (Phi) is 9.72. The molecule has 2 aromatic rings. The van der Waals surface area contributed by atoms with Crippen molar-refractivity contribution < 1.29 is 14.3 Å². The van der Waals surface area contributed by atoms with E-state index in [9.17, 15) is 4.79 Å². The van der Waals surface area contributed by atoms with Gasteiger partial charge in [0.05, 0.1) is 6.61 Å². The van der Waals surface area contributed by atoms with Gasteiger partial charge in [0.2, 0.25) is 0 Å². The van der Waals surface area contributed by atoms with Gasteiger partial charge in [-0.2, -0.15) is 0 Å². The average molecular weight is 413 g/mol. The van der Waals surface area contributed by atoms with Gasteiger partial charge in [-0.1, -0.05) is 38.8 Å². The molecule has 2 aromatic carbocycles. The summed E-state index contributed by atoms with van der Waals surface area (Å²) < 4.78 is 11.1. The molecule has 0 fully saturated rings. The molecule has 29 heavy (non-hydrogen) atoms. The summed E-state index contributed by atoms with van der Waals surface area (Å²) in [7, 11) is 0. The van der Waals surface area contributed by atoms with Crippen LogP contribution in [0.25, 0.3) is 0 Å². The van der Waals surface area contributed by atoms with Crippen molar-refractivity contribution in [3.05, 3.63) is 66.7 Å². The van der Waals surface area contributed by atoms with Crippen molar-refractivity contribution in [2.24, 2.45) is 0 Å². The molecule has 0 aliphatic carbocycles. The monoisotopic (exact) mass is 412 g/mol. The number of hydrogen-bond donors (Lipinski definition) is 2. The number of hydrogen-bond acceptors (Lipinski definition) is 4. The van der Waals surface area contributed by atoms with Gasteiger partial charge in [0, 0.05) is 11.3 Å². The number of nitrogens with one attached hydrogen (secondary N) is 2. The second kappa shape index (κ2) is 12.6. The van der Waals surface area contributed by atoms with E-state index in [1.165, 1.54) is 19.3 Å². The third-order valence-electron chi connectivity index (χ3n) is 4.09. The van der Waals surface area contributed by atoms with Gasteiger partial charge in [0.15, 0.2) is 5.11 Å². The van der Waals surface area contributed by atoms with Crippen LogP contribution in [0.1, 0.15) is 43.0 Å². The summed E-state index contributed by atoms with van der Waals surface area (Å²) in [4.78, 5) is 12.4. The Morgan fingerprint density at radius 1 is 1.00 bits per heavy atom. The molecule has 0 radical (unpaired) electrons. The van der Waals surface area contributed by atoms with Crippen molar-refractivity contribution in [2.45, 2.75) is 32.6 Å². The zero-order valence-corrected chi connectivity index (χ0v) is 17.6. The molecule has 154 valence electrons. The van der Waals surface area contributed by atoms with Gasteiger partial charge in [-0.15, -0.1) is 0 Å². The van der Waals surface area contributed by atoms with E-state index in [4.69, 9.17) is 21.7 Å². The van der Waals surface area contributed by atoms with Crippen LogP contribution in [-0.2, 0) is 0 Å². The van der Waals surface area contributed by atoms with Crippen molar-refractivity contribution in [3.8, 4) is 11.5 Å². The van der Waals surface area contributed by atoms with Crippen LogP contribution < -0.4 is 20.1 Å². The maximum atomic E-state index is 12.4. The van der Waals surface area contributed by atoms with Crippen molar-refractivity contribution in [1.82, 2.24) is 5.32 Å². The summed E-state index contributed by atoms with van der Waals surface area (Å²) in [5.74, 6) is 1.22. The van der Waals surface area contributed by atoms with Crippen LogP contribution in [0.4, 0.5) is 5.69 Å². The highest BCUT2D eigenvalue weighted by atomic mass is 32.1. The normalized spacial score (nSPS) is 10.1. The highest BCUT2D eigenvalue weighted by molar-refractivity contribution is 7.80. The molecule has 0 aliphatic heterocycles. The van der Waals surface area contributed by atoms with Gasteiger partial charge in [0.1, 0.15) is 18.1 Å². The van der Waals surface area contributed by atoms with Crippen molar-refractivity contribution >= 4 is 28.9 Å². The number of thiocarbonyl (C=S) groups is 1. The summed E-state index contributed by atoms with van der Waals surface area (Å²) in [6.45, 7) is 6.93. The molecule has 0 aliphatic rings. The molecule has 0 aromatic heterocycles. The second-order valence-electron chi connectivity index (χ2n) is 6.47. The van der Waals surface area contributed by atoms with Crippen LogP contribution in [0, 0.1) is 0 Å². The first-order chi connectivity index (χ1) is 14.1. The topological polar surface area (TPSA) is 59.6 Å². The van der Waals surface area contributed by atoms with E-state index in [2.05, 4.69) is 24.1 Å². The Bertz CT molecular complexity index is 789. The van der Waals surface area contributed by atoms with Crippen LogP contribution in [0.5, 0.6) is 11.5 Å². The number of carbonyl (C=O) groups is 1. The highest BCUT2D eigenvalue weighted by Gasteiger charge is 2.08. The molecule has 0 atom stereocenters. The minimum absolute atomic E-state index is 0.228. The lowest BCUT2D eigenvalue weighted by atomic mass is 10.2. The number of benzene rings is 2. The molecule has 1 amide bonds. The molecular weight excluding hydrogens is 384 g/mol. The van der Waals surface area contributed by atoms with E-state index in [0.29, 0.717) is 18.8 Å². The van der Waals surface area contributed by atoms with E-state index >= 15 is 0 Å². The maximum absolute atomic E-state index is 12.4. The molecule has 0 bridgehead atoms. The second-order valence-corrected chi connectivity index (χ2v) is 6.87. The molecular formula is C23H28N2O3S. The highest BCUT2D eigenvalue weighted by Crippen LogP contribution is 2.16. The van der Waals surface area contributed by atoms with Crippen LogP contribution in [0.2, 0.25) is 0 Å². The molecule has 5 nitrogen and oxygen atoms in total. The van der Waals surface area contributed by atoms with Crippen molar-refractivity contribution in [1.29, 1.82) is 0 Å². The molecule has 6 heteroatoms. The predicted octanol–water partition coefficient (Wildman–Crippen LogP) is 5.34. The molecule has 0 spiro atoms. The van der Waals surface area contributed by atoms with Gasteiger partial charge < -0.3 is 14.8 Å². The van der Waals surface area contributed by atoms with Crippen molar-refractivity contribution in [3.63, 3.8) is 0 Å². The van der Waals surface area contributed by atoms with Crippen LogP contribution in [0.15, 0.2) is 61.2 Å². The Morgan fingerprint density at radius 2 is 1.66 bits per heavy atom. The molecule has 0 unspecified atom stereocenters. The Hall–Kier alpha value is -2.86. The zero-order chi connectivity index (χ0) is 20.9. The predicted molar refractivity (Wildman–Crippen MR) is 122 cm³/mol. The average Bonchev–Trinajstić information content (AvgIpc) is 2.73. The Labute approximate surface area is 178 Å². The standard InChI is InChI=1S/C23H28N2O3S/c1-3-5-6-7-17-28-20-12-8-18(9-13-20)22(26)25-23(29)24-19-10-14-21(15-11-19)27-16-4-2/h4,8-15H,2-3,5-7,16-17H2,1H3,(H2,24,25,26,29). The van der Waals surface area contributed by atoms with Gasteiger partial charge in [-0.25, -0.2) is 0 Å². The lowest BCUT2D eigenvalue weighted by Gasteiger charge is -2.11. The van der Waals surface area contributed by atoms with E-state index < -0.39 is 0 Å². The molecule has 2 rings (SSSR count). The lowest BCUT2D eigenvalue weighted by molar-refractivity contribution is 0.0977. The minimum Gasteiger partial charge on any atom is -0.494 e. The summed E-state index contributed by atoms with van der Waals surface area (Å²) in [6, 6.07) is 14.3.